The van der Waals surface area contributed by atoms with E-state index >= 15 is 0 Å². The number of carbonyl (C=O) groups excluding carboxylic acids is 1. The van der Waals surface area contributed by atoms with Crippen molar-refractivity contribution in [1.82, 2.24) is 25.8 Å². The number of piperidine rings is 1. The highest BCUT2D eigenvalue weighted by Gasteiger charge is 2.22. The molecule has 0 spiro atoms. The summed E-state index contributed by atoms with van der Waals surface area (Å²) in [5, 5.41) is 13.1. The van der Waals surface area contributed by atoms with Crippen LogP contribution in [0, 0.1) is 0 Å². The fraction of sp³-hybridized carbons (Fsp3) is 0.750. The SMILES string of the molecule is CC1CC(NC(=O)c2n[nH]c(C(C)C)n2)CCN1. The third-order valence-electron chi connectivity index (χ3n) is 3.21. The molecule has 2 unspecified atom stereocenters. The van der Waals surface area contributed by atoms with Crippen LogP contribution in [0.5, 0.6) is 0 Å². The molecule has 18 heavy (non-hydrogen) atoms. The van der Waals surface area contributed by atoms with E-state index in [1.807, 2.05) is 13.8 Å². The molecule has 1 amide bonds. The number of hydrogen-bond acceptors (Lipinski definition) is 4. The minimum atomic E-state index is -0.183. The van der Waals surface area contributed by atoms with Gasteiger partial charge in [-0.25, -0.2) is 4.98 Å². The van der Waals surface area contributed by atoms with Gasteiger partial charge in [0.1, 0.15) is 5.82 Å². The summed E-state index contributed by atoms with van der Waals surface area (Å²) in [4.78, 5) is 16.2. The summed E-state index contributed by atoms with van der Waals surface area (Å²) in [5.41, 5.74) is 0. The summed E-state index contributed by atoms with van der Waals surface area (Å²) in [5.74, 6) is 1.05. The fourth-order valence-corrected chi connectivity index (χ4v) is 2.15. The van der Waals surface area contributed by atoms with Crippen LogP contribution in [0.2, 0.25) is 0 Å². The maximum Gasteiger partial charge on any atom is 0.291 e. The minimum Gasteiger partial charge on any atom is -0.346 e. The first-order valence-electron chi connectivity index (χ1n) is 6.52. The Labute approximate surface area is 107 Å². The number of carbonyl (C=O) groups is 1. The van der Waals surface area contributed by atoms with Crippen LogP contribution in [-0.4, -0.2) is 39.7 Å². The van der Waals surface area contributed by atoms with E-state index in [-0.39, 0.29) is 23.7 Å². The molecule has 1 aromatic heterocycles. The van der Waals surface area contributed by atoms with E-state index in [1.54, 1.807) is 0 Å². The van der Waals surface area contributed by atoms with Gasteiger partial charge in [-0.2, -0.15) is 0 Å². The smallest absolute Gasteiger partial charge is 0.291 e. The van der Waals surface area contributed by atoms with E-state index in [9.17, 15) is 4.79 Å². The van der Waals surface area contributed by atoms with Crippen molar-refractivity contribution in [3.8, 4) is 0 Å². The van der Waals surface area contributed by atoms with Gasteiger partial charge < -0.3 is 10.6 Å². The predicted molar refractivity (Wildman–Crippen MR) is 68.4 cm³/mol. The Kier molecular flexibility index (Phi) is 3.96. The third kappa shape index (κ3) is 3.07. The van der Waals surface area contributed by atoms with Crippen LogP contribution in [0.15, 0.2) is 0 Å². The summed E-state index contributed by atoms with van der Waals surface area (Å²) < 4.78 is 0. The summed E-state index contributed by atoms with van der Waals surface area (Å²) in [6, 6.07) is 0.664. The first-order chi connectivity index (χ1) is 8.56. The van der Waals surface area contributed by atoms with Crippen LogP contribution in [-0.2, 0) is 0 Å². The largest absolute Gasteiger partial charge is 0.346 e. The highest BCUT2D eigenvalue weighted by molar-refractivity contribution is 5.90. The van der Waals surface area contributed by atoms with Crippen molar-refractivity contribution in [2.24, 2.45) is 0 Å². The van der Waals surface area contributed by atoms with Gasteiger partial charge in [0.2, 0.25) is 5.82 Å². The molecule has 1 saturated heterocycles. The molecule has 3 N–H and O–H groups in total. The van der Waals surface area contributed by atoms with E-state index in [0.717, 1.165) is 25.2 Å². The normalized spacial score (nSPS) is 24.2. The number of hydrogen-bond donors (Lipinski definition) is 3. The molecule has 2 atom stereocenters. The number of aromatic amines is 1. The van der Waals surface area contributed by atoms with Crippen molar-refractivity contribution in [3.63, 3.8) is 0 Å². The second-order valence-corrected chi connectivity index (χ2v) is 5.25. The Morgan fingerprint density at radius 3 is 2.89 bits per heavy atom. The van der Waals surface area contributed by atoms with Gasteiger partial charge in [-0.1, -0.05) is 13.8 Å². The van der Waals surface area contributed by atoms with Crippen LogP contribution in [0.4, 0.5) is 0 Å². The van der Waals surface area contributed by atoms with Gasteiger partial charge in [-0.3, -0.25) is 9.89 Å². The molecule has 6 heteroatoms. The number of nitrogens with zero attached hydrogens (tertiary/aromatic N) is 2. The molecule has 1 aromatic rings. The zero-order valence-electron chi connectivity index (χ0n) is 11.2. The number of rotatable bonds is 3. The number of amides is 1. The van der Waals surface area contributed by atoms with E-state index in [0.29, 0.717) is 6.04 Å². The molecular formula is C12H21N5O. The molecule has 0 saturated carbocycles. The van der Waals surface area contributed by atoms with E-state index < -0.39 is 0 Å². The highest BCUT2D eigenvalue weighted by atomic mass is 16.2. The molecule has 0 bridgehead atoms. The second-order valence-electron chi connectivity index (χ2n) is 5.25. The monoisotopic (exact) mass is 251 g/mol. The second kappa shape index (κ2) is 5.48. The molecule has 1 aliphatic rings. The van der Waals surface area contributed by atoms with Crippen molar-refractivity contribution >= 4 is 5.91 Å². The lowest BCUT2D eigenvalue weighted by Gasteiger charge is -2.28. The van der Waals surface area contributed by atoms with Gasteiger partial charge in [0.25, 0.3) is 5.91 Å². The zero-order chi connectivity index (χ0) is 13.1. The van der Waals surface area contributed by atoms with Gasteiger partial charge in [-0.05, 0) is 26.3 Å². The van der Waals surface area contributed by atoms with Crippen LogP contribution in [0.3, 0.4) is 0 Å². The molecule has 0 radical (unpaired) electrons. The van der Waals surface area contributed by atoms with Crippen molar-refractivity contribution < 1.29 is 4.79 Å². The van der Waals surface area contributed by atoms with Gasteiger partial charge in [0, 0.05) is 18.0 Å². The first kappa shape index (κ1) is 13.0. The third-order valence-corrected chi connectivity index (χ3v) is 3.21. The summed E-state index contributed by atoms with van der Waals surface area (Å²) >= 11 is 0. The Morgan fingerprint density at radius 1 is 1.50 bits per heavy atom. The van der Waals surface area contributed by atoms with Crippen molar-refractivity contribution in [2.75, 3.05) is 6.54 Å². The quantitative estimate of drug-likeness (QED) is 0.742. The lowest BCUT2D eigenvalue weighted by atomic mass is 10.0. The number of nitrogens with one attached hydrogen (secondary N) is 3. The van der Waals surface area contributed by atoms with Gasteiger partial charge in [0.05, 0.1) is 0 Å². The first-order valence-corrected chi connectivity index (χ1v) is 6.52. The molecule has 0 aromatic carbocycles. The van der Waals surface area contributed by atoms with Crippen molar-refractivity contribution in [1.29, 1.82) is 0 Å². The van der Waals surface area contributed by atoms with Crippen LogP contribution >= 0.6 is 0 Å². The maximum atomic E-state index is 12.0. The summed E-state index contributed by atoms with van der Waals surface area (Å²) in [6.07, 6.45) is 1.91. The van der Waals surface area contributed by atoms with Crippen LogP contribution in [0.1, 0.15) is 56.0 Å². The van der Waals surface area contributed by atoms with E-state index in [1.165, 1.54) is 0 Å². The van der Waals surface area contributed by atoms with Crippen LogP contribution < -0.4 is 10.6 Å². The number of H-pyrrole nitrogens is 1. The Balaban J connectivity index is 1.94. The molecule has 1 fully saturated rings. The molecule has 1 aliphatic heterocycles. The van der Waals surface area contributed by atoms with Crippen LogP contribution in [0.25, 0.3) is 0 Å². The minimum absolute atomic E-state index is 0.183. The lowest BCUT2D eigenvalue weighted by molar-refractivity contribution is 0.0915. The zero-order valence-corrected chi connectivity index (χ0v) is 11.2. The molecule has 2 heterocycles. The average Bonchev–Trinajstić information content (AvgIpc) is 2.78. The van der Waals surface area contributed by atoms with E-state index in [2.05, 4.69) is 32.7 Å². The summed E-state index contributed by atoms with van der Waals surface area (Å²) in [6.45, 7) is 7.09. The van der Waals surface area contributed by atoms with E-state index in [4.69, 9.17) is 0 Å². The lowest BCUT2D eigenvalue weighted by Crippen LogP contribution is -2.46. The number of aromatic nitrogens is 3. The topological polar surface area (TPSA) is 82.7 Å². The maximum absolute atomic E-state index is 12.0. The van der Waals surface area contributed by atoms with Gasteiger partial charge in [-0.15, -0.1) is 5.10 Å². The Bertz CT molecular complexity index is 414. The molecule has 100 valence electrons. The van der Waals surface area contributed by atoms with Crippen molar-refractivity contribution in [2.45, 2.75) is 51.6 Å². The average molecular weight is 251 g/mol. The van der Waals surface area contributed by atoms with Crippen molar-refractivity contribution in [3.05, 3.63) is 11.6 Å². The van der Waals surface area contributed by atoms with Gasteiger partial charge in [0.15, 0.2) is 0 Å². The molecule has 6 nitrogen and oxygen atoms in total. The standard InChI is InChI=1S/C12H21N5O/c1-7(2)10-15-11(17-16-10)12(18)14-9-4-5-13-8(3)6-9/h7-9,13H,4-6H2,1-3H3,(H,14,18)(H,15,16,17). The highest BCUT2D eigenvalue weighted by Crippen LogP contribution is 2.10. The van der Waals surface area contributed by atoms with Gasteiger partial charge >= 0.3 is 0 Å². The Hall–Kier alpha value is -1.43. The molecule has 0 aliphatic carbocycles. The predicted octanol–water partition coefficient (Wildman–Crippen LogP) is 0.798. The fourth-order valence-electron chi connectivity index (χ4n) is 2.15. The molecular weight excluding hydrogens is 230 g/mol. The Morgan fingerprint density at radius 2 is 2.28 bits per heavy atom. The summed E-state index contributed by atoms with van der Waals surface area (Å²) in [7, 11) is 0. The molecule has 2 rings (SSSR count).